The number of nitrogens with one attached hydrogen (secondary N) is 1. The van der Waals surface area contributed by atoms with Crippen molar-refractivity contribution in [3.8, 4) is 11.5 Å². The maximum atomic E-state index is 14.7. The number of ether oxygens (including phenoxy) is 1. The van der Waals surface area contributed by atoms with Crippen LogP contribution < -0.4 is 10.1 Å². The number of benzene rings is 2. The minimum absolute atomic E-state index is 0.0597. The van der Waals surface area contributed by atoms with Crippen molar-refractivity contribution in [1.82, 2.24) is 10.3 Å². The average molecular weight is 494 g/mol. The molecule has 0 bridgehead atoms. The second kappa shape index (κ2) is 9.65. The highest BCUT2D eigenvalue weighted by molar-refractivity contribution is 6.35. The third kappa shape index (κ3) is 5.34. The Kier molecular flexibility index (Phi) is 6.89. The second-order valence-electron chi connectivity index (χ2n) is 7.72. The van der Waals surface area contributed by atoms with Gasteiger partial charge in [-0.3, -0.25) is 4.79 Å². The number of nitrogens with zero attached hydrogens (tertiary/aromatic N) is 1. The molecule has 1 aromatic heterocycles. The summed E-state index contributed by atoms with van der Waals surface area (Å²) >= 11 is 18.3. The number of aromatic nitrogens is 1. The van der Waals surface area contributed by atoms with Gasteiger partial charge in [-0.2, -0.15) is 0 Å². The number of amides is 1. The van der Waals surface area contributed by atoms with Gasteiger partial charge in [0.1, 0.15) is 11.9 Å². The van der Waals surface area contributed by atoms with Gasteiger partial charge in [0.15, 0.2) is 10.9 Å². The number of alkyl halides is 1. The van der Waals surface area contributed by atoms with Crippen molar-refractivity contribution >= 4 is 40.7 Å². The lowest BCUT2D eigenvalue weighted by atomic mass is 10.1. The van der Waals surface area contributed by atoms with Gasteiger partial charge in [0.2, 0.25) is 0 Å². The van der Waals surface area contributed by atoms with Gasteiger partial charge in [-0.25, -0.2) is 9.37 Å². The van der Waals surface area contributed by atoms with Crippen LogP contribution in [0.15, 0.2) is 48.5 Å². The van der Waals surface area contributed by atoms with E-state index in [1.807, 2.05) is 12.1 Å². The van der Waals surface area contributed by atoms with E-state index in [-0.39, 0.29) is 33.6 Å². The molecule has 1 atom stereocenters. The quantitative estimate of drug-likeness (QED) is 0.348. The van der Waals surface area contributed by atoms with Gasteiger partial charge >= 0.3 is 0 Å². The fraction of sp³-hybridized carbons (Fsp3) is 0.250. The summed E-state index contributed by atoms with van der Waals surface area (Å²) in [6, 6.07) is 13.8. The summed E-state index contributed by atoms with van der Waals surface area (Å²) in [6.07, 6.45) is 0.805. The van der Waals surface area contributed by atoms with Crippen LogP contribution in [0.3, 0.4) is 0 Å². The first-order chi connectivity index (χ1) is 15.3. The highest BCUT2D eigenvalue weighted by Gasteiger charge is 2.25. The molecule has 4 rings (SSSR count). The van der Waals surface area contributed by atoms with Crippen molar-refractivity contribution in [2.45, 2.75) is 31.9 Å². The van der Waals surface area contributed by atoms with Crippen LogP contribution in [0.25, 0.3) is 0 Å². The summed E-state index contributed by atoms with van der Waals surface area (Å²) < 4.78 is 20.7. The molecule has 1 heterocycles. The molecule has 1 fully saturated rings. The predicted molar refractivity (Wildman–Crippen MR) is 125 cm³/mol. The van der Waals surface area contributed by atoms with Crippen LogP contribution in [0.1, 0.15) is 52.1 Å². The van der Waals surface area contributed by atoms with E-state index in [1.165, 1.54) is 17.7 Å². The fourth-order valence-electron chi connectivity index (χ4n) is 3.40. The molecule has 4 nitrogen and oxygen atoms in total. The Hall–Kier alpha value is -2.34. The molecule has 0 spiro atoms. The number of aryl methyl sites for hydroxylation is 1. The van der Waals surface area contributed by atoms with E-state index < -0.39 is 12.1 Å². The zero-order valence-electron chi connectivity index (χ0n) is 17.2. The van der Waals surface area contributed by atoms with E-state index in [0.29, 0.717) is 22.4 Å². The number of hydrogen-bond donors (Lipinski definition) is 1. The van der Waals surface area contributed by atoms with Crippen molar-refractivity contribution < 1.29 is 13.9 Å². The number of hydrogen-bond acceptors (Lipinski definition) is 3. The van der Waals surface area contributed by atoms with Gasteiger partial charge in [-0.05, 0) is 61.6 Å². The number of carbonyl (C=O) groups is 1. The summed E-state index contributed by atoms with van der Waals surface area (Å²) in [4.78, 5) is 17.1. The minimum atomic E-state index is -1.51. The van der Waals surface area contributed by atoms with Gasteiger partial charge in [-0.1, -0.05) is 53.0 Å². The van der Waals surface area contributed by atoms with Crippen LogP contribution in [-0.4, -0.2) is 17.4 Å². The predicted octanol–water partition coefficient (Wildman–Crippen LogP) is 7.46. The maximum absolute atomic E-state index is 14.7. The lowest BCUT2D eigenvalue weighted by molar-refractivity contribution is 0.0939. The lowest BCUT2D eigenvalue weighted by Crippen LogP contribution is -2.28. The molecule has 1 unspecified atom stereocenters. The van der Waals surface area contributed by atoms with Gasteiger partial charge < -0.3 is 10.1 Å². The Morgan fingerprint density at radius 2 is 1.97 bits per heavy atom. The van der Waals surface area contributed by atoms with Crippen molar-refractivity contribution in [1.29, 1.82) is 0 Å². The first-order valence-corrected chi connectivity index (χ1v) is 11.3. The first-order valence-electron chi connectivity index (χ1n) is 10.1. The molecule has 0 radical (unpaired) electrons. The summed E-state index contributed by atoms with van der Waals surface area (Å²) in [7, 11) is 0. The monoisotopic (exact) mass is 492 g/mol. The van der Waals surface area contributed by atoms with Crippen molar-refractivity contribution in [2.75, 3.05) is 6.54 Å². The molecule has 1 N–H and O–H groups in total. The Balaban J connectivity index is 1.53. The third-order valence-electron chi connectivity index (χ3n) is 5.17. The zero-order chi connectivity index (χ0) is 22.8. The van der Waals surface area contributed by atoms with E-state index in [2.05, 4.69) is 16.4 Å². The lowest BCUT2D eigenvalue weighted by Gasteiger charge is -2.15. The normalized spacial score (nSPS) is 14.2. The van der Waals surface area contributed by atoms with E-state index in [4.69, 9.17) is 39.5 Å². The van der Waals surface area contributed by atoms with Gasteiger partial charge in [0.25, 0.3) is 5.91 Å². The Morgan fingerprint density at radius 3 is 2.69 bits per heavy atom. The van der Waals surface area contributed by atoms with Crippen LogP contribution in [0.4, 0.5) is 4.39 Å². The zero-order valence-corrected chi connectivity index (χ0v) is 19.4. The molecule has 1 aliphatic carbocycles. The van der Waals surface area contributed by atoms with Gasteiger partial charge in [0, 0.05) is 21.3 Å². The molecule has 1 aliphatic rings. The molecule has 3 aromatic rings. The van der Waals surface area contributed by atoms with Crippen molar-refractivity contribution in [2.24, 2.45) is 0 Å². The van der Waals surface area contributed by atoms with Crippen LogP contribution in [0.5, 0.6) is 11.5 Å². The molecular weight excluding hydrogens is 474 g/mol. The molecule has 166 valence electrons. The summed E-state index contributed by atoms with van der Waals surface area (Å²) in [5, 5.41) is 3.25. The summed E-state index contributed by atoms with van der Waals surface area (Å²) in [6.45, 7) is 1.43. The fourth-order valence-corrected chi connectivity index (χ4v) is 4.20. The van der Waals surface area contributed by atoms with E-state index in [1.54, 1.807) is 25.1 Å². The van der Waals surface area contributed by atoms with E-state index >= 15 is 0 Å². The number of pyridine rings is 1. The Bertz CT molecular complexity index is 1170. The number of carbonyl (C=O) groups excluding carboxylic acids is 1. The van der Waals surface area contributed by atoms with Gasteiger partial charge in [0.05, 0.1) is 12.1 Å². The van der Waals surface area contributed by atoms with Crippen LogP contribution in [0, 0.1) is 6.92 Å². The number of rotatable bonds is 7. The molecule has 32 heavy (non-hydrogen) atoms. The SMILES string of the molecule is Cc1cc(C(=O)NCC(F)c2ccc(Cl)cc2Cl)c(Oc2cccc(C3CC3)c2)c(Cl)n1. The van der Waals surface area contributed by atoms with Crippen molar-refractivity contribution in [3.63, 3.8) is 0 Å². The minimum Gasteiger partial charge on any atom is -0.453 e. The first kappa shape index (κ1) is 22.8. The summed E-state index contributed by atoms with van der Waals surface area (Å²) in [5.74, 6) is 0.711. The number of halogens is 4. The molecule has 8 heteroatoms. The largest absolute Gasteiger partial charge is 0.453 e. The smallest absolute Gasteiger partial charge is 0.255 e. The molecule has 1 amide bonds. The average Bonchev–Trinajstić information content (AvgIpc) is 3.59. The van der Waals surface area contributed by atoms with Gasteiger partial charge in [-0.15, -0.1) is 0 Å². The molecule has 0 saturated heterocycles. The van der Waals surface area contributed by atoms with Crippen LogP contribution in [-0.2, 0) is 0 Å². The van der Waals surface area contributed by atoms with Crippen LogP contribution >= 0.6 is 34.8 Å². The molecule has 2 aromatic carbocycles. The Labute approximate surface area is 200 Å². The van der Waals surface area contributed by atoms with E-state index in [0.717, 1.165) is 12.8 Å². The molecular formula is C24H20Cl3FN2O2. The standard InChI is InChI=1S/C24H20Cl3FN2O2/c1-13-9-19(24(31)29-12-21(28)18-8-7-16(25)11-20(18)26)22(23(27)30-13)32-17-4-2-3-15(10-17)14-5-6-14/h2-4,7-11,14,21H,5-6,12H2,1H3,(H,29,31). The van der Waals surface area contributed by atoms with Crippen molar-refractivity contribution in [3.05, 3.63) is 86.1 Å². The topological polar surface area (TPSA) is 51.2 Å². The Morgan fingerprint density at radius 1 is 1.19 bits per heavy atom. The third-order valence-corrected chi connectivity index (χ3v) is 5.99. The van der Waals surface area contributed by atoms with Crippen LogP contribution in [0.2, 0.25) is 15.2 Å². The second-order valence-corrected chi connectivity index (χ2v) is 8.93. The highest BCUT2D eigenvalue weighted by Crippen LogP contribution is 2.42. The highest BCUT2D eigenvalue weighted by atomic mass is 35.5. The summed E-state index contributed by atoms with van der Waals surface area (Å²) in [5.41, 5.74) is 2.14. The molecule has 0 aliphatic heterocycles. The molecule has 1 saturated carbocycles. The van der Waals surface area contributed by atoms with E-state index in [9.17, 15) is 9.18 Å². The maximum Gasteiger partial charge on any atom is 0.255 e.